The fourth-order valence-electron chi connectivity index (χ4n) is 1.59. The van der Waals surface area contributed by atoms with E-state index in [0.717, 1.165) is 5.76 Å². The first-order valence-electron chi connectivity index (χ1n) is 5.41. The molecule has 2 rings (SSSR count). The molecule has 0 bridgehead atoms. The van der Waals surface area contributed by atoms with Gasteiger partial charge in [0, 0.05) is 6.20 Å². The lowest BCUT2D eigenvalue weighted by Gasteiger charge is -2.09. The predicted molar refractivity (Wildman–Crippen MR) is 63.9 cm³/mol. The lowest BCUT2D eigenvalue weighted by molar-refractivity contribution is -0.139. The van der Waals surface area contributed by atoms with Crippen molar-refractivity contribution in [3.63, 3.8) is 0 Å². The molecule has 0 radical (unpaired) electrons. The molecule has 0 aliphatic carbocycles. The number of carboxylic acid groups (broad SMARTS) is 1. The largest absolute Gasteiger partial charge is 0.480 e. The molecule has 94 valence electrons. The fourth-order valence-corrected chi connectivity index (χ4v) is 1.59. The van der Waals surface area contributed by atoms with Gasteiger partial charge in [0.25, 0.3) is 0 Å². The van der Waals surface area contributed by atoms with Gasteiger partial charge in [0.1, 0.15) is 11.5 Å². The van der Waals surface area contributed by atoms with E-state index in [4.69, 9.17) is 9.52 Å². The number of carbonyl (C=O) groups is 1. The first-order valence-corrected chi connectivity index (χ1v) is 5.41. The molecule has 0 saturated heterocycles. The predicted octanol–water partition coefficient (Wildman–Crippen LogP) is 1.39. The van der Waals surface area contributed by atoms with E-state index in [1.54, 1.807) is 19.2 Å². The Morgan fingerprint density at radius 3 is 2.78 bits per heavy atom. The van der Waals surface area contributed by atoms with Gasteiger partial charge in [0.05, 0.1) is 0 Å². The van der Waals surface area contributed by atoms with Crippen molar-refractivity contribution in [3.8, 4) is 11.5 Å². The van der Waals surface area contributed by atoms with E-state index in [1.165, 1.54) is 6.20 Å². The molecule has 2 aromatic rings. The highest BCUT2D eigenvalue weighted by Crippen LogP contribution is 2.20. The Morgan fingerprint density at radius 2 is 2.22 bits per heavy atom. The molecule has 1 atom stereocenters. The molecular weight excluding hydrogens is 234 g/mol. The van der Waals surface area contributed by atoms with Crippen LogP contribution in [0.15, 0.2) is 28.8 Å². The van der Waals surface area contributed by atoms with Crippen molar-refractivity contribution in [1.82, 2.24) is 15.3 Å². The van der Waals surface area contributed by atoms with Gasteiger partial charge in [-0.05, 0) is 32.2 Å². The van der Waals surface area contributed by atoms with Gasteiger partial charge in [-0.25, -0.2) is 9.97 Å². The van der Waals surface area contributed by atoms with Gasteiger partial charge < -0.3 is 14.8 Å². The quantitative estimate of drug-likeness (QED) is 0.848. The minimum absolute atomic E-state index is 0.205. The third-order valence-corrected chi connectivity index (χ3v) is 2.46. The highest BCUT2D eigenvalue weighted by Gasteiger charge is 2.21. The van der Waals surface area contributed by atoms with E-state index in [0.29, 0.717) is 11.5 Å². The number of nitrogens with zero attached hydrogens (tertiary/aromatic N) is 2. The highest BCUT2D eigenvalue weighted by atomic mass is 16.4. The summed E-state index contributed by atoms with van der Waals surface area (Å²) in [4.78, 5) is 19.2. The van der Waals surface area contributed by atoms with E-state index in [2.05, 4.69) is 15.3 Å². The van der Waals surface area contributed by atoms with Crippen LogP contribution in [-0.4, -0.2) is 28.1 Å². The smallest absolute Gasteiger partial charge is 0.328 e. The molecule has 2 N–H and O–H groups in total. The van der Waals surface area contributed by atoms with E-state index >= 15 is 0 Å². The zero-order valence-corrected chi connectivity index (χ0v) is 10.0. The molecule has 6 heteroatoms. The molecule has 0 aliphatic heterocycles. The number of furan rings is 1. The summed E-state index contributed by atoms with van der Waals surface area (Å²) in [6.45, 7) is 1.83. The Balaban J connectivity index is 2.38. The molecule has 1 unspecified atom stereocenters. The van der Waals surface area contributed by atoms with Gasteiger partial charge in [0.15, 0.2) is 17.6 Å². The topological polar surface area (TPSA) is 88.2 Å². The Kier molecular flexibility index (Phi) is 3.38. The van der Waals surface area contributed by atoms with Crippen LogP contribution in [0, 0.1) is 6.92 Å². The maximum atomic E-state index is 11.0. The summed E-state index contributed by atoms with van der Waals surface area (Å²) in [6, 6.07) is 4.36. The maximum Gasteiger partial charge on any atom is 0.328 e. The molecule has 0 saturated carbocycles. The fraction of sp³-hybridized carbons (Fsp3) is 0.250. The molecular formula is C12H13N3O3. The summed E-state index contributed by atoms with van der Waals surface area (Å²) >= 11 is 0. The first-order chi connectivity index (χ1) is 8.61. The lowest BCUT2D eigenvalue weighted by atomic mass is 10.2. The summed E-state index contributed by atoms with van der Waals surface area (Å²) in [7, 11) is 1.55. The van der Waals surface area contributed by atoms with Crippen molar-refractivity contribution < 1.29 is 14.3 Å². The van der Waals surface area contributed by atoms with Crippen molar-refractivity contribution in [1.29, 1.82) is 0 Å². The second-order valence-corrected chi connectivity index (χ2v) is 3.77. The zero-order chi connectivity index (χ0) is 13.1. The standard InChI is InChI=1S/C12H13N3O3/c1-7-3-4-9(18-7)8-5-6-14-11(15-8)10(13-2)12(16)17/h3-6,10,13H,1-2H3,(H,16,17). The number of aliphatic carboxylic acids is 1. The minimum atomic E-state index is -1.02. The van der Waals surface area contributed by atoms with E-state index < -0.39 is 12.0 Å². The van der Waals surface area contributed by atoms with Crippen LogP contribution in [0.4, 0.5) is 0 Å². The summed E-state index contributed by atoms with van der Waals surface area (Å²) in [6.07, 6.45) is 1.52. The van der Waals surface area contributed by atoms with Gasteiger partial charge >= 0.3 is 5.97 Å². The van der Waals surface area contributed by atoms with E-state index in [-0.39, 0.29) is 5.82 Å². The third-order valence-electron chi connectivity index (χ3n) is 2.46. The number of hydrogen-bond acceptors (Lipinski definition) is 5. The van der Waals surface area contributed by atoms with Gasteiger partial charge in [0.2, 0.25) is 0 Å². The Bertz CT molecular complexity index is 565. The normalized spacial score (nSPS) is 12.3. The second-order valence-electron chi connectivity index (χ2n) is 3.77. The second kappa shape index (κ2) is 4.97. The molecule has 0 fully saturated rings. The number of likely N-dealkylation sites (N-methyl/N-ethyl adjacent to an activating group) is 1. The molecule has 2 heterocycles. The summed E-state index contributed by atoms with van der Waals surface area (Å²) in [5.74, 6) is 0.548. The van der Waals surface area contributed by atoms with Crippen LogP contribution in [0.25, 0.3) is 11.5 Å². The summed E-state index contributed by atoms with van der Waals surface area (Å²) in [5, 5.41) is 11.7. The molecule has 0 aliphatic rings. The van der Waals surface area contributed by atoms with Gasteiger partial charge in [-0.15, -0.1) is 0 Å². The number of carboxylic acids is 1. The average molecular weight is 247 g/mol. The van der Waals surface area contributed by atoms with Crippen LogP contribution in [0.5, 0.6) is 0 Å². The third kappa shape index (κ3) is 2.38. The van der Waals surface area contributed by atoms with Gasteiger partial charge in [-0.1, -0.05) is 0 Å². The molecule has 0 spiro atoms. The zero-order valence-electron chi connectivity index (χ0n) is 10.0. The van der Waals surface area contributed by atoms with Crippen LogP contribution < -0.4 is 5.32 Å². The van der Waals surface area contributed by atoms with E-state index in [9.17, 15) is 4.79 Å². The first kappa shape index (κ1) is 12.3. The Morgan fingerprint density at radius 1 is 1.44 bits per heavy atom. The van der Waals surface area contributed by atoms with E-state index in [1.807, 2.05) is 13.0 Å². The lowest BCUT2D eigenvalue weighted by Crippen LogP contribution is -2.27. The Labute approximate surface area is 104 Å². The van der Waals surface area contributed by atoms with Crippen LogP contribution in [0.1, 0.15) is 17.6 Å². The molecule has 0 amide bonds. The minimum Gasteiger partial charge on any atom is -0.480 e. The van der Waals surface area contributed by atoms with Crippen LogP contribution in [0.3, 0.4) is 0 Å². The SMILES string of the molecule is CNC(C(=O)O)c1nccc(-c2ccc(C)o2)n1. The number of hydrogen-bond donors (Lipinski definition) is 2. The number of aryl methyl sites for hydroxylation is 1. The Hall–Kier alpha value is -2.21. The van der Waals surface area contributed by atoms with Crippen LogP contribution in [0.2, 0.25) is 0 Å². The van der Waals surface area contributed by atoms with Crippen molar-refractivity contribution >= 4 is 5.97 Å². The number of aromatic nitrogens is 2. The van der Waals surface area contributed by atoms with Crippen LogP contribution >= 0.6 is 0 Å². The van der Waals surface area contributed by atoms with Gasteiger partial charge in [-0.3, -0.25) is 4.79 Å². The van der Waals surface area contributed by atoms with Crippen molar-refractivity contribution in [2.24, 2.45) is 0 Å². The monoisotopic (exact) mass is 247 g/mol. The molecule has 2 aromatic heterocycles. The average Bonchev–Trinajstić information content (AvgIpc) is 2.77. The summed E-state index contributed by atoms with van der Waals surface area (Å²) in [5.41, 5.74) is 0.564. The van der Waals surface area contributed by atoms with Crippen LogP contribution in [-0.2, 0) is 4.79 Å². The molecule has 0 aromatic carbocycles. The number of nitrogens with one attached hydrogen (secondary N) is 1. The molecule has 18 heavy (non-hydrogen) atoms. The van der Waals surface area contributed by atoms with Gasteiger partial charge in [-0.2, -0.15) is 0 Å². The highest BCUT2D eigenvalue weighted by molar-refractivity contribution is 5.74. The van der Waals surface area contributed by atoms with Crippen molar-refractivity contribution in [3.05, 3.63) is 36.0 Å². The summed E-state index contributed by atoms with van der Waals surface area (Å²) < 4.78 is 5.44. The van der Waals surface area contributed by atoms with Crippen molar-refractivity contribution in [2.75, 3.05) is 7.05 Å². The maximum absolute atomic E-state index is 11.0. The number of rotatable bonds is 4. The molecule has 6 nitrogen and oxygen atoms in total. The van der Waals surface area contributed by atoms with Crippen molar-refractivity contribution in [2.45, 2.75) is 13.0 Å².